The van der Waals surface area contributed by atoms with Gasteiger partial charge in [-0.15, -0.1) is 0 Å². The Kier molecular flexibility index (Phi) is 3.85. The number of rotatable bonds is 3. The fourth-order valence-corrected chi connectivity index (χ4v) is 2.34. The van der Waals surface area contributed by atoms with E-state index in [4.69, 9.17) is 4.28 Å². The summed E-state index contributed by atoms with van der Waals surface area (Å²) in [7, 11) is -3.84. The average molecular weight is 277 g/mol. The Labute approximate surface area is 113 Å². The van der Waals surface area contributed by atoms with E-state index in [0.717, 1.165) is 11.1 Å². The van der Waals surface area contributed by atoms with E-state index in [2.05, 4.69) is 5.16 Å². The lowest BCUT2D eigenvalue weighted by molar-refractivity contribution is 0.338. The molecule has 0 atom stereocenters. The first-order chi connectivity index (χ1) is 8.99. The molecule has 0 spiro atoms. The summed E-state index contributed by atoms with van der Waals surface area (Å²) in [6.45, 7) is 3.75. The highest BCUT2D eigenvalue weighted by molar-refractivity contribution is 7.86. The quantitative estimate of drug-likeness (QED) is 0.798. The highest BCUT2D eigenvalue weighted by Crippen LogP contribution is 2.15. The summed E-state index contributed by atoms with van der Waals surface area (Å²) in [4.78, 5) is 0.107. The van der Waals surface area contributed by atoms with Gasteiger partial charge >= 0.3 is 10.1 Å². The van der Waals surface area contributed by atoms with Crippen molar-refractivity contribution in [1.29, 1.82) is 0 Å². The van der Waals surface area contributed by atoms with Crippen molar-refractivity contribution in [2.24, 2.45) is 5.16 Å². The number of hydrogen-bond acceptors (Lipinski definition) is 4. The Morgan fingerprint density at radius 1 is 1.16 bits per heavy atom. The Morgan fingerprint density at radius 2 is 1.84 bits per heavy atom. The van der Waals surface area contributed by atoms with E-state index in [1.165, 1.54) is 12.1 Å². The molecule has 0 unspecified atom stereocenters. The number of allylic oxidation sites excluding steroid dienone is 4. The van der Waals surface area contributed by atoms with E-state index in [1.807, 2.05) is 32.1 Å². The zero-order valence-corrected chi connectivity index (χ0v) is 11.6. The van der Waals surface area contributed by atoms with Crippen LogP contribution in [-0.4, -0.2) is 14.1 Å². The Morgan fingerprint density at radius 3 is 2.47 bits per heavy atom. The Balaban J connectivity index is 2.19. The monoisotopic (exact) mass is 277 g/mol. The number of aryl methyl sites for hydroxylation is 1. The zero-order valence-electron chi connectivity index (χ0n) is 10.8. The molecule has 100 valence electrons. The van der Waals surface area contributed by atoms with Gasteiger partial charge in [0.15, 0.2) is 0 Å². The van der Waals surface area contributed by atoms with Crippen LogP contribution < -0.4 is 0 Å². The predicted molar refractivity (Wildman–Crippen MR) is 74.4 cm³/mol. The van der Waals surface area contributed by atoms with E-state index < -0.39 is 10.1 Å². The first kappa shape index (κ1) is 13.5. The number of nitrogens with zero attached hydrogens (tertiary/aromatic N) is 1. The molecule has 0 heterocycles. The number of hydrogen-bond donors (Lipinski definition) is 0. The summed E-state index contributed by atoms with van der Waals surface area (Å²) < 4.78 is 28.6. The lowest BCUT2D eigenvalue weighted by Gasteiger charge is -2.07. The van der Waals surface area contributed by atoms with Crippen molar-refractivity contribution in [3.05, 3.63) is 53.6 Å². The number of benzene rings is 1. The minimum absolute atomic E-state index is 0.107. The fraction of sp³-hybridized carbons (Fsp3) is 0.214. The van der Waals surface area contributed by atoms with Crippen LogP contribution in [0.5, 0.6) is 0 Å². The van der Waals surface area contributed by atoms with Crippen molar-refractivity contribution in [2.75, 3.05) is 0 Å². The van der Waals surface area contributed by atoms with Gasteiger partial charge < -0.3 is 0 Å². The minimum Gasteiger partial charge on any atom is -0.264 e. The molecule has 1 aliphatic rings. The van der Waals surface area contributed by atoms with Crippen LogP contribution in [0.2, 0.25) is 0 Å². The van der Waals surface area contributed by atoms with Crippen molar-refractivity contribution >= 4 is 15.8 Å². The van der Waals surface area contributed by atoms with Gasteiger partial charge in [0.1, 0.15) is 4.90 Å². The highest BCUT2D eigenvalue weighted by Gasteiger charge is 2.16. The third-order valence-electron chi connectivity index (χ3n) is 2.80. The van der Waals surface area contributed by atoms with Gasteiger partial charge in [0.25, 0.3) is 0 Å². The second-order valence-electron chi connectivity index (χ2n) is 4.36. The maximum Gasteiger partial charge on any atom is 0.358 e. The molecule has 0 aliphatic heterocycles. The molecule has 0 saturated carbocycles. The van der Waals surface area contributed by atoms with Gasteiger partial charge in [-0.05, 0) is 31.6 Å². The molecule has 0 fully saturated rings. The minimum atomic E-state index is -3.84. The zero-order chi connectivity index (χ0) is 13.9. The second-order valence-corrected chi connectivity index (χ2v) is 5.89. The van der Waals surface area contributed by atoms with Crippen LogP contribution in [0.25, 0.3) is 0 Å². The molecule has 0 saturated heterocycles. The molecule has 5 heteroatoms. The van der Waals surface area contributed by atoms with E-state index in [9.17, 15) is 8.42 Å². The summed E-state index contributed by atoms with van der Waals surface area (Å²) in [5.74, 6) is 0. The summed E-state index contributed by atoms with van der Waals surface area (Å²) in [5.41, 5.74) is 2.52. The van der Waals surface area contributed by atoms with Gasteiger partial charge in [0, 0.05) is 6.42 Å². The second kappa shape index (κ2) is 5.40. The summed E-state index contributed by atoms with van der Waals surface area (Å²) in [5, 5.41) is 3.74. The molecule has 1 aliphatic carbocycles. The van der Waals surface area contributed by atoms with Crippen molar-refractivity contribution in [3.63, 3.8) is 0 Å². The Bertz CT molecular complexity index is 652. The molecular formula is C14H15NO3S. The molecule has 0 bridgehead atoms. The predicted octanol–water partition coefficient (Wildman–Crippen LogP) is 2.96. The van der Waals surface area contributed by atoms with Crippen LogP contribution in [0, 0.1) is 6.92 Å². The summed E-state index contributed by atoms with van der Waals surface area (Å²) >= 11 is 0. The molecule has 0 amide bonds. The van der Waals surface area contributed by atoms with Gasteiger partial charge in [-0.2, -0.15) is 8.42 Å². The molecule has 2 rings (SSSR count). The van der Waals surface area contributed by atoms with E-state index in [-0.39, 0.29) is 4.90 Å². The SMILES string of the molecule is CC1=CC=CCC1=NOS(=O)(=O)c1ccc(C)cc1. The summed E-state index contributed by atoms with van der Waals surface area (Å²) in [6.07, 6.45) is 6.24. The lowest BCUT2D eigenvalue weighted by Crippen LogP contribution is -2.07. The van der Waals surface area contributed by atoms with Crippen molar-refractivity contribution < 1.29 is 12.7 Å². The molecular weight excluding hydrogens is 262 g/mol. The standard InChI is InChI=1S/C14H15NO3S/c1-11-7-9-13(10-8-11)19(16,17)18-15-14-6-4-3-5-12(14)2/h3-5,7-10H,6H2,1-2H3. The largest absolute Gasteiger partial charge is 0.358 e. The van der Waals surface area contributed by atoms with Crippen LogP contribution in [-0.2, 0) is 14.4 Å². The van der Waals surface area contributed by atoms with Gasteiger partial charge in [0.2, 0.25) is 0 Å². The first-order valence-corrected chi connectivity index (χ1v) is 7.31. The Hall–Kier alpha value is -1.88. The smallest absolute Gasteiger partial charge is 0.264 e. The topological polar surface area (TPSA) is 55.7 Å². The van der Waals surface area contributed by atoms with Gasteiger partial charge in [-0.3, -0.25) is 4.28 Å². The summed E-state index contributed by atoms with van der Waals surface area (Å²) in [6, 6.07) is 6.46. The van der Waals surface area contributed by atoms with E-state index in [1.54, 1.807) is 12.1 Å². The maximum absolute atomic E-state index is 11.9. The van der Waals surface area contributed by atoms with Crippen molar-refractivity contribution in [3.8, 4) is 0 Å². The third kappa shape index (κ3) is 3.32. The van der Waals surface area contributed by atoms with E-state index >= 15 is 0 Å². The highest BCUT2D eigenvalue weighted by atomic mass is 32.2. The molecule has 0 N–H and O–H groups in total. The molecule has 1 aromatic rings. The van der Waals surface area contributed by atoms with Crippen LogP contribution in [0.4, 0.5) is 0 Å². The van der Waals surface area contributed by atoms with E-state index in [0.29, 0.717) is 12.1 Å². The van der Waals surface area contributed by atoms with Crippen LogP contribution >= 0.6 is 0 Å². The normalized spacial score (nSPS) is 17.4. The van der Waals surface area contributed by atoms with Gasteiger partial charge in [0.05, 0.1) is 5.71 Å². The van der Waals surface area contributed by atoms with Crippen LogP contribution in [0.3, 0.4) is 0 Å². The number of oxime groups is 1. The molecule has 0 aromatic heterocycles. The molecule has 1 aromatic carbocycles. The third-order valence-corrected chi connectivity index (χ3v) is 3.92. The fourth-order valence-electron chi connectivity index (χ4n) is 1.60. The van der Waals surface area contributed by atoms with Crippen molar-refractivity contribution in [2.45, 2.75) is 25.2 Å². The van der Waals surface area contributed by atoms with Crippen LogP contribution in [0.15, 0.2) is 58.1 Å². The average Bonchev–Trinajstić information content (AvgIpc) is 2.38. The maximum atomic E-state index is 11.9. The molecule has 0 radical (unpaired) electrons. The van der Waals surface area contributed by atoms with Gasteiger partial charge in [-0.25, -0.2) is 0 Å². The van der Waals surface area contributed by atoms with Crippen LogP contribution in [0.1, 0.15) is 18.9 Å². The molecule has 4 nitrogen and oxygen atoms in total. The van der Waals surface area contributed by atoms with Gasteiger partial charge in [-0.1, -0.05) is 41.1 Å². The first-order valence-electron chi connectivity index (χ1n) is 5.90. The molecule has 19 heavy (non-hydrogen) atoms. The van der Waals surface area contributed by atoms with Crippen molar-refractivity contribution in [1.82, 2.24) is 0 Å². The lowest BCUT2D eigenvalue weighted by atomic mass is 10.1.